The van der Waals surface area contributed by atoms with E-state index in [9.17, 15) is 9.18 Å². The van der Waals surface area contributed by atoms with Crippen LogP contribution in [-0.2, 0) is 0 Å². The monoisotopic (exact) mass is 250 g/mol. The largest absolute Gasteiger partial charge is 0.294 e. The number of Topliss-reactive ketones (excluding diaryl/α,β-unsaturated/α-hetero) is 1. The van der Waals surface area contributed by atoms with E-state index in [0.717, 1.165) is 36.8 Å². The summed E-state index contributed by atoms with van der Waals surface area (Å²) in [5.74, 6) is -0.417. The van der Waals surface area contributed by atoms with Crippen LogP contribution in [0.15, 0.2) is 12.1 Å². The summed E-state index contributed by atoms with van der Waals surface area (Å²) in [7, 11) is 0. The van der Waals surface area contributed by atoms with Crippen molar-refractivity contribution in [1.82, 2.24) is 0 Å². The Morgan fingerprint density at radius 3 is 2.17 bits per heavy atom. The van der Waals surface area contributed by atoms with E-state index in [2.05, 4.69) is 13.8 Å². The lowest BCUT2D eigenvalue weighted by atomic mass is 9.87. The highest BCUT2D eigenvalue weighted by Gasteiger charge is 2.23. The lowest BCUT2D eigenvalue weighted by molar-refractivity contribution is 0.0900. The molecule has 0 aromatic heterocycles. The maximum Gasteiger partial charge on any atom is 0.169 e. The van der Waals surface area contributed by atoms with Gasteiger partial charge in [-0.05, 0) is 43.9 Å². The van der Waals surface area contributed by atoms with Gasteiger partial charge in [0.1, 0.15) is 5.82 Å². The van der Waals surface area contributed by atoms with Gasteiger partial charge in [-0.25, -0.2) is 4.39 Å². The molecule has 1 rings (SSSR count). The zero-order valence-electron chi connectivity index (χ0n) is 11.8. The van der Waals surface area contributed by atoms with E-state index in [1.807, 2.05) is 19.9 Å². The van der Waals surface area contributed by atoms with Crippen LogP contribution in [0.5, 0.6) is 0 Å². The number of benzene rings is 1. The second-order valence-corrected chi connectivity index (χ2v) is 5.08. The topological polar surface area (TPSA) is 17.1 Å². The normalized spacial score (nSPS) is 11.0. The predicted molar refractivity (Wildman–Crippen MR) is 73.5 cm³/mol. The first-order valence-electron chi connectivity index (χ1n) is 6.82. The first kappa shape index (κ1) is 14.9. The molecule has 0 heterocycles. The molecule has 0 spiro atoms. The molecule has 0 bridgehead atoms. The van der Waals surface area contributed by atoms with Gasteiger partial charge in [0, 0.05) is 5.92 Å². The molecule has 0 N–H and O–H groups in total. The number of hydrogen-bond acceptors (Lipinski definition) is 1. The van der Waals surface area contributed by atoms with Crippen LogP contribution < -0.4 is 0 Å². The molecule has 1 nitrogen and oxygen atoms in total. The van der Waals surface area contributed by atoms with Crippen LogP contribution in [0.3, 0.4) is 0 Å². The Labute approximate surface area is 109 Å². The third-order valence-corrected chi connectivity index (χ3v) is 3.32. The van der Waals surface area contributed by atoms with Gasteiger partial charge in [-0.15, -0.1) is 0 Å². The van der Waals surface area contributed by atoms with Crippen LogP contribution in [0.25, 0.3) is 0 Å². The predicted octanol–water partition coefficient (Wildman–Crippen LogP) is 4.84. The van der Waals surface area contributed by atoms with Crippen molar-refractivity contribution in [3.8, 4) is 0 Å². The summed E-state index contributed by atoms with van der Waals surface area (Å²) < 4.78 is 14.0. The average Bonchev–Trinajstić information content (AvgIpc) is 2.27. The molecule has 0 saturated carbocycles. The second kappa shape index (κ2) is 6.67. The SMILES string of the molecule is CCCC(CCC)C(=O)c1c(C)cc(C)cc1F. The molecule has 2 heteroatoms. The minimum absolute atomic E-state index is 0.0197. The van der Waals surface area contributed by atoms with E-state index < -0.39 is 0 Å². The summed E-state index contributed by atoms with van der Waals surface area (Å²) in [4.78, 5) is 12.4. The Morgan fingerprint density at radius 1 is 1.17 bits per heavy atom. The van der Waals surface area contributed by atoms with Crippen LogP contribution in [-0.4, -0.2) is 5.78 Å². The van der Waals surface area contributed by atoms with Crippen LogP contribution in [0.2, 0.25) is 0 Å². The van der Waals surface area contributed by atoms with Crippen LogP contribution in [0.4, 0.5) is 4.39 Å². The Balaban J connectivity index is 3.08. The molecule has 0 unspecified atom stereocenters. The summed E-state index contributed by atoms with van der Waals surface area (Å²) in [6, 6.07) is 3.33. The molecule has 0 amide bonds. The van der Waals surface area contributed by atoms with Crippen molar-refractivity contribution in [1.29, 1.82) is 0 Å². The van der Waals surface area contributed by atoms with Crippen molar-refractivity contribution in [2.75, 3.05) is 0 Å². The molecule has 0 fully saturated rings. The van der Waals surface area contributed by atoms with E-state index in [1.54, 1.807) is 0 Å². The number of ketones is 1. The van der Waals surface area contributed by atoms with E-state index in [-0.39, 0.29) is 17.5 Å². The van der Waals surface area contributed by atoms with Crippen LogP contribution >= 0.6 is 0 Å². The summed E-state index contributed by atoms with van der Waals surface area (Å²) in [5, 5.41) is 0. The summed E-state index contributed by atoms with van der Waals surface area (Å²) >= 11 is 0. The van der Waals surface area contributed by atoms with Gasteiger partial charge >= 0.3 is 0 Å². The highest BCUT2D eigenvalue weighted by atomic mass is 19.1. The summed E-state index contributed by atoms with van der Waals surface area (Å²) in [6.45, 7) is 7.79. The van der Waals surface area contributed by atoms with E-state index in [4.69, 9.17) is 0 Å². The van der Waals surface area contributed by atoms with Crippen molar-refractivity contribution in [3.63, 3.8) is 0 Å². The van der Waals surface area contributed by atoms with Gasteiger partial charge in [0.05, 0.1) is 5.56 Å². The molecular weight excluding hydrogens is 227 g/mol. The molecule has 0 saturated heterocycles. The highest BCUT2D eigenvalue weighted by Crippen LogP contribution is 2.24. The van der Waals surface area contributed by atoms with Crippen molar-refractivity contribution >= 4 is 5.78 Å². The highest BCUT2D eigenvalue weighted by molar-refractivity contribution is 5.99. The van der Waals surface area contributed by atoms with E-state index >= 15 is 0 Å². The standard InChI is InChI=1S/C16H23FO/c1-5-7-13(8-6-2)16(18)15-12(4)9-11(3)10-14(15)17/h9-10,13H,5-8H2,1-4H3. The van der Waals surface area contributed by atoms with Crippen LogP contribution in [0, 0.1) is 25.6 Å². The molecule has 1 aromatic carbocycles. The zero-order valence-corrected chi connectivity index (χ0v) is 11.8. The molecule has 0 aliphatic rings. The van der Waals surface area contributed by atoms with Gasteiger partial charge in [0.25, 0.3) is 0 Å². The van der Waals surface area contributed by atoms with Gasteiger partial charge in [0.2, 0.25) is 0 Å². The van der Waals surface area contributed by atoms with Gasteiger partial charge in [0.15, 0.2) is 5.78 Å². The molecule has 0 aliphatic heterocycles. The number of halogens is 1. The maximum atomic E-state index is 14.0. The molecule has 0 radical (unpaired) electrons. The minimum atomic E-state index is -0.366. The van der Waals surface area contributed by atoms with Crippen LogP contribution in [0.1, 0.15) is 61.0 Å². The fourth-order valence-corrected chi connectivity index (χ4v) is 2.54. The van der Waals surface area contributed by atoms with Crippen molar-refractivity contribution in [2.45, 2.75) is 53.4 Å². The Kier molecular flexibility index (Phi) is 5.52. The molecule has 100 valence electrons. The number of rotatable bonds is 6. The van der Waals surface area contributed by atoms with Crippen molar-refractivity contribution < 1.29 is 9.18 Å². The van der Waals surface area contributed by atoms with Crippen molar-refractivity contribution in [2.24, 2.45) is 5.92 Å². The van der Waals surface area contributed by atoms with E-state index in [0.29, 0.717) is 5.56 Å². The Morgan fingerprint density at radius 2 is 1.72 bits per heavy atom. The van der Waals surface area contributed by atoms with Gasteiger partial charge in [-0.1, -0.05) is 32.8 Å². The molecule has 18 heavy (non-hydrogen) atoms. The molecule has 0 aliphatic carbocycles. The van der Waals surface area contributed by atoms with Gasteiger partial charge < -0.3 is 0 Å². The third-order valence-electron chi connectivity index (χ3n) is 3.32. The summed E-state index contributed by atoms with van der Waals surface area (Å²) in [6.07, 6.45) is 3.62. The fourth-order valence-electron chi connectivity index (χ4n) is 2.54. The first-order valence-corrected chi connectivity index (χ1v) is 6.82. The fraction of sp³-hybridized carbons (Fsp3) is 0.562. The Bertz CT molecular complexity index is 394. The number of hydrogen-bond donors (Lipinski definition) is 0. The number of aryl methyl sites for hydroxylation is 2. The summed E-state index contributed by atoms with van der Waals surface area (Å²) in [5.41, 5.74) is 1.92. The molecule has 1 aromatic rings. The van der Waals surface area contributed by atoms with Gasteiger partial charge in [-0.3, -0.25) is 4.79 Å². The zero-order chi connectivity index (χ0) is 13.7. The lowest BCUT2D eigenvalue weighted by Crippen LogP contribution is -2.17. The third kappa shape index (κ3) is 3.41. The second-order valence-electron chi connectivity index (χ2n) is 5.08. The van der Waals surface area contributed by atoms with Gasteiger partial charge in [-0.2, -0.15) is 0 Å². The van der Waals surface area contributed by atoms with E-state index in [1.165, 1.54) is 6.07 Å². The molecule has 0 atom stereocenters. The number of carbonyl (C=O) groups is 1. The average molecular weight is 250 g/mol. The van der Waals surface area contributed by atoms with Crippen molar-refractivity contribution in [3.05, 3.63) is 34.6 Å². The smallest absolute Gasteiger partial charge is 0.169 e. The Hall–Kier alpha value is -1.18. The molecular formula is C16H23FO. The first-order chi connectivity index (χ1) is 8.51. The minimum Gasteiger partial charge on any atom is -0.294 e. The quantitative estimate of drug-likeness (QED) is 0.660. The maximum absolute atomic E-state index is 14.0. The number of carbonyl (C=O) groups excluding carboxylic acids is 1. The lowest BCUT2D eigenvalue weighted by Gasteiger charge is -2.16.